The zero-order valence-electron chi connectivity index (χ0n) is 18.2. The Morgan fingerprint density at radius 3 is 2.45 bits per heavy atom. The lowest BCUT2D eigenvalue weighted by atomic mass is 9.85. The lowest BCUT2D eigenvalue weighted by molar-refractivity contribution is -0.00493. The van der Waals surface area contributed by atoms with Gasteiger partial charge in [0.2, 0.25) is 5.95 Å². The fourth-order valence-corrected chi connectivity index (χ4v) is 6.71. The molecule has 1 saturated heterocycles. The predicted molar refractivity (Wildman–Crippen MR) is 118 cm³/mol. The van der Waals surface area contributed by atoms with Crippen molar-refractivity contribution in [2.45, 2.75) is 76.0 Å². The molecule has 1 aliphatic heterocycles. The predicted octanol–water partition coefficient (Wildman–Crippen LogP) is 2.70. The highest BCUT2D eigenvalue weighted by Gasteiger charge is 2.38. The van der Waals surface area contributed by atoms with Crippen molar-refractivity contribution in [3.8, 4) is 0 Å². The van der Waals surface area contributed by atoms with Crippen LogP contribution in [0.2, 0.25) is 0 Å². The number of sulfonamides is 1. The van der Waals surface area contributed by atoms with Gasteiger partial charge >= 0.3 is 0 Å². The number of H-pyrrole nitrogens is 1. The first-order chi connectivity index (χ1) is 14.7. The van der Waals surface area contributed by atoms with Crippen molar-refractivity contribution in [1.29, 1.82) is 0 Å². The van der Waals surface area contributed by atoms with E-state index in [4.69, 9.17) is 0 Å². The van der Waals surface area contributed by atoms with Gasteiger partial charge < -0.3 is 10.4 Å². The minimum absolute atomic E-state index is 0.106. The number of anilines is 2. The zero-order valence-corrected chi connectivity index (χ0v) is 19.1. The summed E-state index contributed by atoms with van der Waals surface area (Å²) in [6.45, 7) is 4.19. The Balaban J connectivity index is 1.40. The van der Waals surface area contributed by atoms with E-state index in [0.717, 1.165) is 57.1 Å². The summed E-state index contributed by atoms with van der Waals surface area (Å²) in [5, 5.41) is 20.4. The molecular weight excluding hydrogens is 414 g/mol. The number of rotatable bonds is 5. The highest BCUT2D eigenvalue weighted by Crippen LogP contribution is 2.39. The summed E-state index contributed by atoms with van der Waals surface area (Å²) in [6.07, 6.45) is 8.10. The number of aryl methyl sites for hydroxylation is 2. The van der Waals surface area contributed by atoms with E-state index < -0.39 is 15.6 Å². The Morgan fingerprint density at radius 1 is 1.13 bits per heavy atom. The topological polar surface area (TPSA) is 111 Å². The van der Waals surface area contributed by atoms with Crippen molar-refractivity contribution in [2.75, 3.05) is 18.4 Å². The van der Waals surface area contributed by atoms with Gasteiger partial charge in [-0.3, -0.25) is 0 Å². The molecule has 9 heteroatoms. The van der Waals surface area contributed by atoms with Crippen LogP contribution in [-0.4, -0.2) is 51.7 Å². The summed E-state index contributed by atoms with van der Waals surface area (Å²) in [5.74, 6) is 0.190. The molecule has 0 spiro atoms. The number of hydrogen-bond donors (Lipinski definition) is 3. The van der Waals surface area contributed by atoms with Crippen molar-refractivity contribution in [3.63, 3.8) is 0 Å². The van der Waals surface area contributed by atoms with Crippen LogP contribution in [-0.2, 0) is 35.7 Å². The average molecular weight is 446 g/mol. The van der Waals surface area contributed by atoms with Crippen LogP contribution in [0.25, 0.3) is 0 Å². The Kier molecular flexibility index (Phi) is 5.10. The van der Waals surface area contributed by atoms with E-state index in [1.54, 1.807) is 13.8 Å². The van der Waals surface area contributed by atoms with Gasteiger partial charge in [-0.15, -0.1) is 5.10 Å². The maximum atomic E-state index is 13.2. The lowest BCUT2D eigenvalue weighted by Crippen LogP contribution is -2.47. The molecule has 168 valence electrons. The van der Waals surface area contributed by atoms with Gasteiger partial charge in [0.25, 0.3) is 15.2 Å². The first-order valence-electron chi connectivity index (χ1n) is 11.3. The monoisotopic (exact) mass is 445 g/mol. The van der Waals surface area contributed by atoms with Crippen LogP contribution in [0.15, 0.2) is 11.2 Å². The Bertz CT molecular complexity index is 1070. The Morgan fingerprint density at radius 2 is 1.81 bits per heavy atom. The molecule has 2 heterocycles. The summed E-state index contributed by atoms with van der Waals surface area (Å²) in [4.78, 5) is 4.32. The molecule has 1 atom stereocenters. The molecule has 0 radical (unpaired) electrons. The molecule has 1 aromatic carbocycles. The summed E-state index contributed by atoms with van der Waals surface area (Å²) >= 11 is 0. The molecule has 3 aliphatic rings. The number of nitrogens with one attached hydrogen (secondary N) is 2. The third kappa shape index (κ3) is 3.76. The van der Waals surface area contributed by atoms with Crippen LogP contribution in [0.5, 0.6) is 0 Å². The molecule has 2 aliphatic carbocycles. The highest BCUT2D eigenvalue weighted by molar-refractivity contribution is 7.88. The van der Waals surface area contributed by atoms with Gasteiger partial charge in [-0.25, -0.2) is 13.5 Å². The number of benzene rings is 1. The minimum Gasteiger partial charge on any atom is -0.390 e. The second-order valence-electron chi connectivity index (χ2n) is 9.68. The molecule has 3 N–H and O–H groups in total. The van der Waals surface area contributed by atoms with E-state index in [0.29, 0.717) is 12.5 Å². The van der Waals surface area contributed by atoms with Crippen molar-refractivity contribution < 1.29 is 13.5 Å². The van der Waals surface area contributed by atoms with E-state index in [1.807, 2.05) is 0 Å². The number of fused-ring (bicyclic) bond motifs is 2. The first-order valence-corrected chi connectivity index (χ1v) is 12.8. The van der Waals surface area contributed by atoms with Gasteiger partial charge in [0.15, 0.2) is 0 Å². The molecule has 0 saturated carbocycles. The smallest absolute Gasteiger partial charge is 0.278 e. The van der Waals surface area contributed by atoms with Crippen LogP contribution in [0, 0.1) is 5.92 Å². The molecule has 1 aromatic heterocycles. The molecule has 2 aromatic rings. The van der Waals surface area contributed by atoms with E-state index in [2.05, 4.69) is 26.6 Å². The summed E-state index contributed by atoms with van der Waals surface area (Å²) < 4.78 is 27.8. The van der Waals surface area contributed by atoms with Gasteiger partial charge in [0.1, 0.15) is 0 Å². The number of piperidine rings is 1. The second-order valence-corrected chi connectivity index (χ2v) is 11.5. The minimum atomic E-state index is -3.80. The van der Waals surface area contributed by atoms with E-state index in [-0.39, 0.29) is 17.6 Å². The van der Waals surface area contributed by atoms with Crippen LogP contribution < -0.4 is 5.32 Å². The normalized spacial score (nSPS) is 21.8. The second kappa shape index (κ2) is 7.56. The number of aromatic amines is 1. The number of aromatic nitrogens is 3. The van der Waals surface area contributed by atoms with Crippen molar-refractivity contribution in [1.82, 2.24) is 19.5 Å². The maximum absolute atomic E-state index is 13.2. The zero-order chi connectivity index (χ0) is 21.8. The summed E-state index contributed by atoms with van der Waals surface area (Å²) in [7, 11) is -3.80. The number of hydrogen-bond acceptors (Lipinski definition) is 6. The van der Waals surface area contributed by atoms with Gasteiger partial charge in [0, 0.05) is 24.7 Å². The van der Waals surface area contributed by atoms with Gasteiger partial charge in [0.05, 0.1) is 5.60 Å². The van der Waals surface area contributed by atoms with E-state index >= 15 is 0 Å². The van der Waals surface area contributed by atoms with E-state index in [1.165, 1.54) is 26.6 Å². The van der Waals surface area contributed by atoms with Crippen LogP contribution >= 0.6 is 0 Å². The first kappa shape index (κ1) is 20.9. The molecule has 0 bridgehead atoms. The molecule has 0 amide bonds. The Labute approximate surface area is 183 Å². The molecule has 31 heavy (non-hydrogen) atoms. The van der Waals surface area contributed by atoms with Crippen LogP contribution in [0.4, 0.5) is 11.6 Å². The quantitative estimate of drug-likeness (QED) is 0.653. The van der Waals surface area contributed by atoms with Crippen molar-refractivity contribution in [3.05, 3.63) is 28.3 Å². The third-order valence-corrected chi connectivity index (χ3v) is 8.82. The van der Waals surface area contributed by atoms with Crippen molar-refractivity contribution in [2.24, 2.45) is 5.92 Å². The highest BCUT2D eigenvalue weighted by atomic mass is 32.2. The molecule has 1 unspecified atom stereocenters. The Hall–Kier alpha value is -1.97. The fraction of sp³-hybridized carbons (Fsp3) is 0.636. The molecular formula is C22H31N5O3S. The lowest BCUT2D eigenvalue weighted by Gasteiger charge is -2.37. The third-order valence-electron chi connectivity index (χ3n) is 7.14. The average Bonchev–Trinajstić information content (AvgIpc) is 3.47. The SMILES string of the molecule is CC(C)(O)C1CCCN(S(=O)(=O)c2nc(Nc3c4c(cc5c3CCC5)CCC4)n[nH]2)C1. The number of aliphatic hydroxyl groups is 1. The standard InChI is InChI=1S/C22H31N5O3S/c1-22(2,28)16-8-5-11-27(13-16)31(29,30)21-24-20(25-26-21)23-19-17-9-3-6-14(17)12-15-7-4-10-18(15)19/h12,16,28H,3-11,13H2,1-2H3,(H2,23,24,25,26). The molecule has 8 nitrogen and oxygen atoms in total. The van der Waals surface area contributed by atoms with E-state index in [9.17, 15) is 13.5 Å². The van der Waals surface area contributed by atoms with Crippen LogP contribution in [0.1, 0.15) is 61.8 Å². The molecule has 1 fully saturated rings. The summed E-state index contributed by atoms with van der Waals surface area (Å²) in [5.41, 5.74) is 5.63. The van der Waals surface area contributed by atoms with Gasteiger partial charge in [-0.1, -0.05) is 6.07 Å². The molecule has 5 rings (SSSR count). The van der Waals surface area contributed by atoms with Crippen LogP contribution in [0.3, 0.4) is 0 Å². The van der Waals surface area contributed by atoms with Crippen molar-refractivity contribution >= 4 is 21.7 Å². The van der Waals surface area contributed by atoms with Gasteiger partial charge in [-0.05, 0) is 87.5 Å². The largest absolute Gasteiger partial charge is 0.390 e. The fourth-order valence-electron chi connectivity index (χ4n) is 5.36. The number of nitrogens with zero attached hydrogens (tertiary/aromatic N) is 3. The summed E-state index contributed by atoms with van der Waals surface area (Å²) in [6, 6.07) is 2.36. The van der Waals surface area contributed by atoms with Gasteiger partial charge in [-0.2, -0.15) is 9.29 Å². The maximum Gasteiger partial charge on any atom is 0.278 e.